The van der Waals surface area contributed by atoms with Crippen LogP contribution in [0.4, 0.5) is 5.69 Å². The van der Waals surface area contributed by atoms with Gasteiger partial charge in [0.1, 0.15) is 16.4 Å². The summed E-state index contributed by atoms with van der Waals surface area (Å²) in [4.78, 5) is 28.7. The molecular weight excluding hydrogens is 516 g/mol. The molecule has 1 fully saturated rings. The Balaban J connectivity index is 1.44. The van der Waals surface area contributed by atoms with Crippen molar-refractivity contribution in [3.63, 3.8) is 0 Å². The highest BCUT2D eigenvalue weighted by Crippen LogP contribution is 2.45. The minimum Gasteiger partial charge on any atom is -0.465 e. The number of ether oxygens (including phenoxy) is 2. The first-order valence-corrected chi connectivity index (χ1v) is 13.7. The molecule has 0 spiro atoms. The maximum Gasteiger partial charge on any atom is 0.337 e. The van der Waals surface area contributed by atoms with Gasteiger partial charge in [0.05, 0.1) is 30.0 Å². The summed E-state index contributed by atoms with van der Waals surface area (Å²) in [6, 6.07) is 16.0. The smallest absolute Gasteiger partial charge is 0.337 e. The summed E-state index contributed by atoms with van der Waals surface area (Å²) in [5, 5.41) is 0.200. The molecule has 3 aromatic rings. The van der Waals surface area contributed by atoms with Gasteiger partial charge in [-0.05, 0) is 42.3 Å². The number of halogens is 1. The summed E-state index contributed by atoms with van der Waals surface area (Å²) in [7, 11) is -2.67. The van der Waals surface area contributed by atoms with Gasteiger partial charge in [0, 0.05) is 30.9 Å². The Morgan fingerprint density at radius 1 is 1.08 bits per heavy atom. The van der Waals surface area contributed by atoms with E-state index < -0.39 is 21.6 Å². The molecule has 0 bridgehead atoms. The topological polar surface area (TPSA) is 93.2 Å². The van der Waals surface area contributed by atoms with Crippen molar-refractivity contribution in [3.05, 3.63) is 81.9 Å². The molecule has 10 heteroatoms. The molecule has 1 amide bonds. The predicted octanol–water partition coefficient (Wildman–Crippen LogP) is 4.36. The van der Waals surface area contributed by atoms with Crippen LogP contribution in [0.2, 0.25) is 5.02 Å². The van der Waals surface area contributed by atoms with Gasteiger partial charge in [-0.3, -0.25) is 9.69 Å². The van der Waals surface area contributed by atoms with Crippen LogP contribution in [-0.4, -0.2) is 51.9 Å². The van der Waals surface area contributed by atoms with Crippen LogP contribution in [0, 0.1) is 6.92 Å². The van der Waals surface area contributed by atoms with Gasteiger partial charge in [-0.2, -0.15) is 0 Å². The number of methoxy groups -OCH3 is 1. The van der Waals surface area contributed by atoms with E-state index in [0.29, 0.717) is 36.4 Å². The van der Waals surface area contributed by atoms with Crippen LogP contribution in [0.5, 0.6) is 11.5 Å². The molecule has 2 aliphatic heterocycles. The van der Waals surface area contributed by atoms with Crippen LogP contribution in [0.15, 0.2) is 59.5 Å². The SMILES string of the molecule is COC(=O)c1cc(C)c2c(c1)S(=O)(=O)Cc1cc(N3CCN(Cc4ccccc4)CC3=O)cc(Cl)c1O2. The fourth-order valence-corrected chi connectivity index (χ4v) is 6.55. The molecule has 5 rings (SSSR count). The molecule has 0 radical (unpaired) electrons. The van der Waals surface area contributed by atoms with E-state index in [9.17, 15) is 18.0 Å². The number of esters is 1. The molecule has 0 aromatic heterocycles. The first kappa shape index (κ1) is 25.3. The fourth-order valence-electron chi connectivity index (χ4n) is 4.71. The van der Waals surface area contributed by atoms with Crippen LogP contribution < -0.4 is 9.64 Å². The molecule has 0 unspecified atom stereocenters. The average molecular weight is 541 g/mol. The third kappa shape index (κ3) is 4.94. The van der Waals surface area contributed by atoms with Gasteiger partial charge in [0.2, 0.25) is 5.91 Å². The number of carbonyl (C=O) groups is 2. The van der Waals surface area contributed by atoms with E-state index in [1.165, 1.54) is 19.2 Å². The largest absolute Gasteiger partial charge is 0.465 e. The molecule has 2 heterocycles. The van der Waals surface area contributed by atoms with Crippen molar-refractivity contribution >= 4 is 39.0 Å². The Kier molecular flexibility index (Phi) is 6.70. The number of hydrogen-bond acceptors (Lipinski definition) is 7. The number of sulfone groups is 1. The Morgan fingerprint density at radius 2 is 1.84 bits per heavy atom. The second-order valence-electron chi connectivity index (χ2n) is 9.13. The second-order valence-corrected chi connectivity index (χ2v) is 11.5. The lowest BCUT2D eigenvalue weighted by Gasteiger charge is -2.34. The number of amides is 1. The zero-order chi connectivity index (χ0) is 26.3. The molecule has 8 nitrogen and oxygen atoms in total. The molecule has 2 aliphatic rings. The van der Waals surface area contributed by atoms with Gasteiger partial charge >= 0.3 is 5.97 Å². The summed E-state index contributed by atoms with van der Waals surface area (Å²) in [6.45, 7) is 3.66. The van der Waals surface area contributed by atoms with Gasteiger partial charge in [0.15, 0.2) is 9.84 Å². The van der Waals surface area contributed by atoms with Crippen molar-refractivity contribution in [3.8, 4) is 11.5 Å². The lowest BCUT2D eigenvalue weighted by molar-refractivity contribution is -0.121. The number of piperazine rings is 1. The van der Waals surface area contributed by atoms with Crippen molar-refractivity contribution < 1.29 is 27.5 Å². The van der Waals surface area contributed by atoms with Crippen molar-refractivity contribution in [1.82, 2.24) is 4.90 Å². The molecular formula is C27H25ClN2O6S. The van der Waals surface area contributed by atoms with Gasteiger partial charge < -0.3 is 14.4 Å². The highest BCUT2D eigenvalue weighted by Gasteiger charge is 2.33. The standard InChI is InChI=1S/C27H25ClN2O6S/c1-17-10-19(27(32)35-2)12-23-25(17)36-26-20(16-37(23,33)34)11-21(13-22(26)28)30-9-8-29(15-24(30)31)14-18-6-4-3-5-7-18/h3-7,10-13H,8-9,14-16H2,1-2H3. The van der Waals surface area contributed by atoms with Crippen LogP contribution in [0.1, 0.15) is 27.0 Å². The molecule has 0 N–H and O–H groups in total. The number of rotatable bonds is 4. The van der Waals surface area contributed by atoms with Gasteiger partial charge in [0.25, 0.3) is 0 Å². The summed E-state index contributed by atoms with van der Waals surface area (Å²) < 4.78 is 37.6. The van der Waals surface area contributed by atoms with Crippen LogP contribution in [0.3, 0.4) is 0 Å². The Bertz CT molecular complexity index is 1510. The zero-order valence-corrected chi connectivity index (χ0v) is 21.9. The third-order valence-corrected chi connectivity index (χ3v) is 8.46. The monoisotopic (exact) mass is 540 g/mol. The van der Waals surface area contributed by atoms with Crippen molar-refractivity contribution in [1.29, 1.82) is 0 Å². The number of benzene rings is 3. The van der Waals surface area contributed by atoms with E-state index in [1.54, 1.807) is 24.0 Å². The summed E-state index contributed by atoms with van der Waals surface area (Å²) in [5.74, 6) is -0.802. The Morgan fingerprint density at radius 3 is 2.54 bits per heavy atom. The van der Waals surface area contributed by atoms with Gasteiger partial charge in [-0.25, -0.2) is 13.2 Å². The van der Waals surface area contributed by atoms with E-state index >= 15 is 0 Å². The van der Waals surface area contributed by atoms with E-state index in [2.05, 4.69) is 4.90 Å². The fraction of sp³-hybridized carbons (Fsp3) is 0.259. The van der Waals surface area contributed by atoms with E-state index in [-0.39, 0.29) is 39.4 Å². The summed E-state index contributed by atoms with van der Waals surface area (Å²) in [6.07, 6.45) is 0. The number of aryl methyl sites for hydroxylation is 1. The number of nitrogens with zero attached hydrogens (tertiary/aromatic N) is 2. The van der Waals surface area contributed by atoms with E-state index in [0.717, 1.165) is 5.56 Å². The maximum absolute atomic E-state index is 13.4. The highest BCUT2D eigenvalue weighted by molar-refractivity contribution is 7.90. The average Bonchev–Trinajstić information content (AvgIpc) is 2.98. The Labute approximate surface area is 220 Å². The third-order valence-electron chi connectivity index (χ3n) is 6.51. The summed E-state index contributed by atoms with van der Waals surface area (Å²) in [5.41, 5.74) is 2.56. The first-order chi connectivity index (χ1) is 17.7. The number of anilines is 1. The minimum absolute atomic E-state index is 0.0996. The van der Waals surface area contributed by atoms with Crippen molar-refractivity contribution in [2.45, 2.75) is 24.1 Å². The molecule has 0 aliphatic carbocycles. The first-order valence-electron chi connectivity index (χ1n) is 11.7. The second kappa shape index (κ2) is 9.81. The minimum atomic E-state index is -3.90. The van der Waals surface area contributed by atoms with Crippen LogP contribution in [-0.2, 0) is 31.7 Å². The van der Waals surface area contributed by atoms with E-state index in [1.807, 2.05) is 30.3 Å². The van der Waals surface area contributed by atoms with Gasteiger partial charge in [-0.1, -0.05) is 41.9 Å². The molecule has 3 aromatic carbocycles. The summed E-state index contributed by atoms with van der Waals surface area (Å²) >= 11 is 6.60. The highest BCUT2D eigenvalue weighted by atomic mass is 35.5. The van der Waals surface area contributed by atoms with Crippen LogP contribution in [0.25, 0.3) is 0 Å². The molecule has 0 atom stereocenters. The lowest BCUT2D eigenvalue weighted by atomic mass is 10.1. The molecule has 0 saturated carbocycles. The lowest BCUT2D eigenvalue weighted by Crippen LogP contribution is -2.50. The van der Waals surface area contributed by atoms with Crippen molar-refractivity contribution in [2.75, 3.05) is 31.6 Å². The van der Waals surface area contributed by atoms with Gasteiger partial charge in [-0.15, -0.1) is 0 Å². The quantitative estimate of drug-likeness (QED) is 0.454. The molecule has 37 heavy (non-hydrogen) atoms. The molecule has 192 valence electrons. The van der Waals surface area contributed by atoms with Crippen LogP contribution >= 0.6 is 11.6 Å². The van der Waals surface area contributed by atoms with Crippen molar-refractivity contribution in [2.24, 2.45) is 0 Å². The zero-order valence-electron chi connectivity index (χ0n) is 20.4. The molecule has 1 saturated heterocycles. The number of hydrogen-bond donors (Lipinski definition) is 0. The number of carbonyl (C=O) groups excluding carboxylic acids is 2. The Hall–Kier alpha value is -3.40. The maximum atomic E-state index is 13.4. The number of fused-ring (bicyclic) bond motifs is 2. The normalized spacial score (nSPS) is 16.8. The predicted molar refractivity (Wildman–Crippen MR) is 139 cm³/mol. The van der Waals surface area contributed by atoms with E-state index in [4.69, 9.17) is 21.1 Å².